The fourth-order valence-corrected chi connectivity index (χ4v) is 2.75. The van der Waals surface area contributed by atoms with Gasteiger partial charge in [0.1, 0.15) is 17.9 Å². The molecule has 1 amide bonds. The SMILES string of the molecule is COc1ccc(CC(=O)NC2CCc3nncn3CC2)cc1. The Balaban J connectivity index is 1.52. The molecule has 2 heterocycles. The van der Waals surface area contributed by atoms with E-state index in [0.29, 0.717) is 6.42 Å². The van der Waals surface area contributed by atoms with Gasteiger partial charge < -0.3 is 14.6 Å². The van der Waals surface area contributed by atoms with Crippen LogP contribution in [0.25, 0.3) is 0 Å². The summed E-state index contributed by atoms with van der Waals surface area (Å²) in [5, 5.41) is 11.1. The van der Waals surface area contributed by atoms with Crippen LogP contribution in [0.2, 0.25) is 0 Å². The molecule has 22 heavy (non-hydrogen) atoms. The van der Waals surface area contributed by atoms with E-state index >= 15 is 0 Å². The van der Waals surface area contributed by atoms with E-state index in [1.165, 1.54) is 0 Å². The van der Waals surface area contributed by atoms with Gasteiger partial charge in [0, 0.05) is 19.0 Å². The predicted molar refractivity (Wildman–Crippen MR) is 81.6 cm³/mol. The van der Waals surface area contributed by atoms with Crippen LogP contribution in [0, 0.1) is 0 Å². The van der Waals surface area contributed by atoms with Gasteiger partial charge in [-0.05, 0) is 30.5 Å². The third-order valence-corrected chi connectivity index (χ3v) is 4.02. The van der Waals surface area contributed by atoms with E-state index in [-0.39, 0.29) is 11.9 Å². The maximum atomic E-state index is 12.2. The molecule has 1 unspecified atom stereocenters. The Hall–Kier alpha value is -2.37. The van der Waals surface area contributed by atoms with E-state index in [1.54, 1.807) is 13.4 Å². The molecule has 0 fully saturated rings. The Labute approximate surface area is 129 Å². The van der Waals surface area contributed by atoms with Crippen LogP contribution in [0.1, 0.15) is 24.2 Å². The summed E-state index contributed by atoms with van der Waals surface area (Å²) >= 11 is 0. The van der Waals surface area contributed by atoms with E-state index in [2.05, 4.69) is 20.1 Å². The second kappa shape index (κ2) is 6.60. The number of nitrogens with zero attached hydrogens (tertiary/aromatic N) is 3. The van der Waals surface area contributed by atoms with Gasteiger partial charge in [-0.3, -0.25) is 4.79 Å². The molecular weight excluding hydrogens is 280 g/mol. The fraction of sp³-hybridized carbons (Fsp3) is 0.438. The van der Waals surface area contributed by atoms with Crippen molar-refractivity contribution < 1.29 is 9.53 Å². The predicted octanol–water partition coefficient (Wildman–Crippen LogP) is 1.35. The Morgan fingerprint density at radius 1 is 1.36 bits per heavy atom. The molecule has 6 nitrogen and oxygen atoms in total. The van der Waals surface area contributed by atoms with Crippen LogP contribution in [0.3, 0.4) is 0 Å². The topological polar surface area (TPSA) is 69.0 Å². The first-order valence-corrected chi connectivity index (χ1v) is 7.53. The molecule has 1 atom stereocenters. The zero-order valence-electron chi connectivity index (χ0n) is 12.7. The molecule has 1 aliphatic rings. The lowest BCUT2D eigenvalue weighted by molar-refractivity contribution is -0.121. The molecule has 6 heteroatoms. The molecule has 2 aromatic rings. The minimum absolute atomic E-state index is 0.0628. The number of benzene rings is 1. The summed E-state index contributed by atoms with van der Waals surface area (Å²) in [4.78, 5) is 12.2. The lowest BCUT2D eigenvalue weighted by Gasteiger charge is -2.16. The molecule has 3 rings (SSSR count). The number of aromatic nitrogens is 3. The molecule has 0 saturated carbocycles. The second-order valence-corrected chi connectivity index (χ2v) is 5.56. The monoisotopic (exact) mass is 300 g/mol. The van der Waals surface area contributed by atoms with E-state index in [9.17, 15) is 4.79 Å². The number of carbonyl (C=O) groups excluding carboxylic acids is 1. The summed E-state index contributed by atoms with van der Waals surface area (Å²) in [7, 11) is 1.63. The first-order valence-electron chi connectivity index (χ1n) is 7.53. The number of carbonyl (C=O) groups is 1. The van der Waals surface area contributed by atoms with Crippen molar-refractivity contribution in [3.05, 3.63) is 42.0 Å². The zero-order chi connectivity index (χ0) is 15.4. The van der Waals surface area contributed by atoms with Crippen LogP contribution in [0.15, 0.2) is 30.6 Å². The Bertz CT molecular complexity index is 613. The number of ether oxygens (including phenoxy) is 1. The standard InChI is InChI=1S/C16H20N4O2/c1-22-14-5-2-12(3-6-14)10-16(21)18-13-4-7-15-19-17-11-20(15)9-8-13/h2-3,5-6,11,13H,4,7-10H2,1H3,(H,18,21). The molecule has 1 aromatic heterocycles. The maximum absolute atomic E-state index is 12.2. The second-order valence-electron chi connectivity index (χ2n) is 5.56. The van der Waals surface area contributed by atoms with Gasteiger partial charge in [0.05, 0.1) is 13.5 Å². The van der Waals surface area contributed by atoms with Crippen LogP contribution < -0.4 is 10.1 Å². The van der Waals surface area contributed by atoms with Crippen molar-refractivity contribution in [1.29, 1.82) is 0 Å². The third kappa shape index (κ3) is 3.44. The summed E-state index contributed by atoms with van der Waals surface area (Å²) in [5.41, 5.74) is 0.990. The van der Waals surface area contributed by atoms with Gasteiger partial charge in [0.25, 0.3) is 0 Å². The molecular formula is C16H20N4O2. The van der Waals surface area contributed by atoms with Crippen LogP contribution >= 0.6 is 0 Å². The number of hydrogen-bond acceptors (Lipinski definition) is 4. The highest BCUT2D eigenvalue weighted by Crippen LogP contribution is 2.14. The fourth-order valence-electron chi connectivity index (χ4n) is 2.75. The summed E-state index contributed by atoms with van der Waals surface area (Å²) in [6.07, 6.45) is 4.84. The highest BCUT2D eigenvalue weighted by Gasteiger charge is 2.18. The molecule has 0 bridgehead atoms. The summed E-state index contributed by atoms with van der Waals surface area (Å²) in [6.45, 7) is 0.857. The number of fused-ring (bicyclic) bond motifs is 1. The van der Waals surface area contributed by atoms with Crippen molar-refractivity contribution >= 4 is 5.91 Å². The van der Waals surface area contributed by atoms with E-state index in [0.717, 1.165) is 42.9 Å². The maximum Gasteiger partial charge on any atom is 0.224 e. The van der Waals surface area contributed by atoms with Gasteiger partial charge in [0.2, 0.25) is 5.91 Å². The largest absolute Gasteiger partial charge is 0.497 e. The number of rotatable bonds is 4. The number of hydrogen-bond donors (Lipinski definition) is 1. The van der Waals surface area contributed by atoms with Crippen LogP contribution in [0.5, 0.6) is 5.75 Å². The Morgan fingerprint density at radius 3 is 2.95 bits per heavy atom. The minimum Gasteiger partial charge on any atom is -0.497 e. The van der Waals surface area contributed by atoms with Crippen LogP contribution in [-0.2, 0) is 24.2 Å². The molecule has 0 saturated heterocycles. The van der Waals surface area contributed by atoms with Gasteiger partial charge in [-0.2, -0.15) is 0 Å². The third-order valence-electron chi connectivity index (χ3n) is 4.02. The molecule has 0 aliphatic carbocycles. The smallest absolute Gasteiger partial charge is 0.224 e. The summed E-state index contributed by atoms with van der Waals surface area (Å²) in [5.74, 6) is 1.87. The highest BCUT2D eigenvalue weighted by molar-refractivity contribution is 5.78. The molecule has 1 aromatic carbocycles. The van der Waals surface area contributed by atoms with Crippen LogP contribution in [-0.4, -0.2) is 33.8 Å². The molecule has 0 spiro atoms. The summed E-state index contributed by atoms with van der Waals surface area (Å²) in [6, 6.07) is 7.80. The quantitative estimate of drug-likeness (QED) is 0.925. The number of methoxy groups -OCH3 is 1. The van der Waals surface area contributed by atoms with Crippen molar-refractivity contribution in [3.63, 3.8) is 0 Å². The van der Waals surface area contributed by atoms with Gasteiger partial charge in [0.15, 0.2) is 0 Å². The average Bonchev–Trinajstić information content (AvgIpc) is 2.90. The van der Waals surface area contributed by atoms with E-state index in [4.69, 9.17) is 4.74 Å². The number of aryl methyl sites for hydroxylation is 2. The van der Waals surface area contributed by atoms with Crippen molar-refractivity contribution in [2.45, 2.75) is 38.3 Å². The normalized spacial score (nSPS) is 17.4. The molecule has 0 radical (unpaired) electrons. The van der Waals surface area contributed by atoms with Crippen molar-refractivity contribution in [2.75, 3.05) is 7.11 Å². The lowest BCUT2D eigenvalue weighted by Crippen LogP contribution is -2.36. The van der Waals surface area contributed by atoms with Gasteiger partial charge >= 0.3 is 0 Å². The summed E-state index contributed by atoms with van der Waals surface area (Å²) < 4.78 is 7.18. The average molecular weight is 300 g/mol. The molecule has 1 N–H and O–H groups in total. The number of amides is 1. The van der Waals surface area contributed by atoms with E-state index < -0.39 is 0 Å². The lowest BCUT2D eigenvalue weighted by atomic mass is 10.1. The minimum atomic E-state index is 0.0628. The Kier molecular flexibility index (Phi) is 4.37. The first kappa shape index (κ1) is 14.6. The highest BCUT2D eigenvalue weighted by atomic mass is 16.5. The van der Waals surface area contributed by atoms with Crippen molar-refractivity contribution in [2.24, 2.45) is 0 Å². The van der Waals surface area contributed by atoms with Gasteiger partial charge in [-0.15, -0.1) is 10.2 Å². The molecule has 116 valence electrons. The van der Waals surface area contributed by atoms with Gasteiger partial charge in [-0.25, -0.2) is 0 Å². The Morgan fingerprint density at radius 2 is 2.18 bits per heavy atom. The van der Waals surface area contributed by atoms with Crippen molar-refractivity contribution in [3.8, 4) is 5.75 Å². The van der Waals surface area contributed by atoms with Gasteiger partial charge in [-0.1, -0.05) is 12.1 Å². The zero-order valence-corrected chi connectivity index (χ0v) is 12.7. The molecule has 1 aliphatic heterocycles. The van der Waals surface area contributed by atoms with Crippen molar-refractivity contribution in [1.82, 2.24) is 20.1 Å². The van der Waals surface area contributed by atoms with E-state index in [1.807, 2.05) is 24.3 Å². The van der Waals surface area contributed by atoms with Crippen LogP contribution in [0.4, 0.5) is 0 Å². The first-order chi connectivity index (χ1) is 10.7. The number of nitrogens with one attached hydrogen (secondary N) is 1.